The van der Waals surface area contributed by atoms with Gasteiger partial charge in [0, 0.05) is 16.5 Å². The van der Waals surface area contributed by atoms with E-state index in [1.807, 2.05) is 32.0 Å². The number of para-hydroxylation sites is 3. The van der Waals surface area contributed by atoms with Gasteiger partial charge in [-0.25, -0.2) is 0 Å². The number of rotatable bonds is 7. The predicted octanol–water partition coefficient (Wildman–Crippen LogP) is 3.46. The van der Waals surface area contributed by atoms with Gasteiger partial charge in [0.05, 0.1) is 17.6 Å². The molecule has 0 spiro atoms. The second-order valence-corrected chi connectivity index (χ2v) is 8.61. The van der Waals surface area contributed by atoms with E-state index in [2.05, 4.69) is 10.6 Å². The largest absolute Gasteiger partial charge is 0.451 e. The summed E-state index contributed by atoms with van der Waals surface area (Å²) in [5.74, 6) is -1.61. The van der Waals surface area contributed by atoms with Gasteiger partial charge in [0.2, 0.25) is 5.91 Å². The fourth-order valence-corrected chi connectivity index (χ4v) is 4.17. The number of pyridine rings is 1. The van der Waals surface area contributed by atoms with Crippen LogP contribution in [0.1, 0.15) is 18.1 Å². The number of aromatic nitrogens is 1. The molecule has 0 saturated carbocycles. The molecule has 0 bridgehead atoms. The van der Waals surface area contributed by atoms with Crippen molar-refractivity contribution in [3.63, 3.8) is 0 Å². The van der Waals surface area contributed by atoms with Crippen LogP contribution in [0.25, 0.3) is 21.8 Å². The molecule has 1 unspecified atom stereocenters. The highest BCUT2D eigenvalue weighted by Crippen LogP contribution is 2.20. The van der Waals surface area contributed by atoms with Gasteiger partial charge in [-0.3, -0.25) is 19.2 Å². The first-order valence-electron chi connectivity index (χ1n) is 11.6. The topological polar surface area (TPSA) is 106 Å². The van der Waals surface area contributed by atoms with Crippen LogP contribution in [0.2, 0.25) is 0 Å². The first-order chi connectivity index (χ1) is 17.3. The normalized spacial score (nSPS) is 11.8. The molecule has 0 aliphatic rings. The summed E-state index contributed by atoms with van der Waals surface area (Å²) in [5, 5.41) is 6.28. The highest BCUT2D eigenvalue weighted by Gasteiger charge is 2.20. The number of ether oxygens (including phenoxy) is 1. The first-order valence-corrected chi connectivity index (χ1v) is 11.6. The number of carbonyl (C=O) groups excluding carboxylic acids is 3. The zero-order valence-corrected chi connectivity index (χ0v) is 20.3. The number of hydrogen-bond acceptors (Lipinski definition) is 5. The second kappa shape index (κ2) is 10.4. The van der Waals surface area contributed by atoms with Crippen LogP contribution in [0.15, 0.2) is 71.5 Å². The Hall–Kier alpha value is -4.46. The Kier molecular flexibility index (Phi) is 7.15. The Labute approximate surface area is 207 Å². The Morgan fingerprint density at radius 1 is 0.861 bits per heavy atom. The summed E-state index contributed by atoms with van der Waals surface area (Å²) in [6, 6.07) is 19.7. The average molecular weight is 486 g/mol. The van der Waals surface area contributed by atoms with Crippen LogP contribution < -0.4 is 16.1 Å². The summed E-state index contributed by atoms with van der Waals surface area (Å²) in [6.45, 7) is 4.77. The van der Waals surface area contributed by atoms with E-state index in [9.17, 15) is 19.2 Å². The van der Waals surface area contributed by atoms with Crippen molar-refractivity contribution in [2.45, 2.75) is 33.4 Å². The standard InChI is InChI=1S/C28H27N3O5/c1-17-9-8-10-18(2)26(17)30-24(32)15-29-28(35)19(3)36-25(33)16-31-22-13-6-4-11-20(22)27(34)21-12-5-7-14-23(21)31/h4-14,19H,15-16H2,1-3H3,(H,29,35)(H,30,32). The van der Waals surface area contributed by atoms with E-state index >= 15 is 0 Å². The van der Waals surface area contributed by atoms with Crippen molar-refractivity contribution in [2.75, 3.05) is 11.9 Å². The number of carbonyl (C=O) groups is 3. The van der Waals surface area contributed by atoms with Crippen molar-refractivity contribution in [1.29, 1.82) is 0 Å². The van der Waals surface area contributed by atoms with E-state index in [0.29, 0.717) is 27.5 Å². The zero-order valence-electron chi connectivity index (χ0n) is 20.3. The van der Waals surface area contributed by atoms with Crippen LogP contribution in [0.5, 0.6) is 0 Å². The van der Waals surface area contributed by atoms with Crippen molar-refractivity contribution >= 4 is 45.3 Å². The molecule has 3 aromatic carbocycles. The molecule has 4 aromatic rings. The van der Waals surface area contributed by atoms with Gasteiger partial charge in [-0.2, -0.15) is 0 Å². The third kappa shape index (κ3) is 5.12. The minimum Gasteiger partial charge on any atom is -0.451 e. The van der Waals surface area contributed by atoms with Gasteiger partial charge < -0.3 is 19.9 Å². The van der Waals surface area contributed by atoms with Crippen LogP contribution in [0.4, 0.5) is 5.69 Å². The average Bonchev–Trinajstić information content (AvgIpc) is 2.87. The van der Waals surface area contributed by atoms with E-state index < -0.39 is 18.0 Å². The number of aryl methyl sites for hydroxylation is 2. The van der Waals surface area contributed by atoms with Crippen molar-refractivity contribution in [3.8, 4) is 0 Å². The van der Waals surface area contributed by atoms with Gasteiger partial charge in [0.25, 0.3) is 5.91 Å². The lowest BCUT2D eigenvalue weighted by atomic mass is 10.1. The van der Waals surface area contributed by atoms with E-state index in [-0.39, 0.29) is 24.4 Å². The highest BCUT2D eigenvalue weighted by molar-refractivity contribution is 5.97. The lowest BCUT2D eigenvalue weighted by Gasteiger charge is -2.17. The van der Waals surface area contributed by atoms with Crippen molar-refractivity contribution in [2.24, 2.45) is 0 Å². The number of nitrogens with one attached hydrogen (secondary N) is 2. The fraction of sp³-hybridized carbons (Fsp3) is 0.214. The minimum absolute atomic E-state index is 0.113. The molecule has 1 heterocycles. The van der Waals surface area contributed by atoms with E-state index in [1.165, 1.54) is 6.92 Å². The maximum atomic E-state index is 12.9. The summed E-state index contributed by atoms with van der Waals surface area (Å²) in [5.41, 5.74) is 3.62. The molecular weight excluding hydrogens is 458 g/mol. The van der Waals surface area contributed by atoms with Gasteiger partial charge in [-0.1, -0.05) is 42.5 Å². The third-order valence-corrected chi connectivity index (χ3v) is 6.01. The molecule has 36 heavy (non-hydrogen) atoms. The number of esters is 1. The molecule has 0 aliphatic carbocycles. The Balaban J connectivity index is 1.41. The number of amides is 2. The molecule has 1 aromatic heterocycles. The molecular formula is C28H27N3O5. The van der Waals surface area contributed by atoms with Gasteiger partial charge >= 0.3 is 5.97 Å². The summed E-state index contributed by atoms with van der Waals surface area (Å²) < 4.78 is 7.06. The molecule has 4 rings (SSSR count). The first kappa shape index (κ1) is 24.7. The molecule has 0 radical (unpaired) electrons. The summed E-state index contributed by atoms with van der Waals surface area (Å²) in [7, 11) is 0. The minimum atomic E-state index is -1.11. The molecule has 0 aliphatic heterocycles. The van der Waals surface area contributed by atoms with Crippen molar-refractivity contribution in [3.05, 3.63) is 88.1 Å². The third-order valence-electron chi connectivity index (χ3n) is 6.01. The van der Waals surface area contributed by atoms with E-state index in [4.69, 9.17) is 4.74 Å². The van der Waals surface area contributed by atoms with Crippen LogP contribution in [-0.2, 0) is 25.7 Å². The Bertz CT molecular complexity index is 1460. The monoisotopic (exact) mass is 485 g/mol. The summed E-state index contributed by atoms with van der Waals surface area (Å²) >= 11 is 0. The molecule has 8 nitrogen and oxygen atoms in total. The predicted molar refractivity (Wildman–Crippen MR) is 139 cm³/mol. The molecule has 184 valence electrons. The van der Waals surface area contributed by atoms with Gasteiger partial charge in [-0.15, -0.1) is 0 Å². The van der Waals surface area contributed by atoms with Crippen LogP contribution >= 0.6 is 0 Å². The van der Waals surface area contributed by atoms with E-state index in [0.717, 1.165) is 11.1 Å². The molecule has 8 heteroatoms. The van der Waals surface area contributed by atoms with Crippen LogP contribution in [-0.4, -0.2) is 35.0 Å². The summed E-state index contributed by atoms with van der Waals surface area (Å²) in [6.07, 6.45) is -1.11. The summed E-state index contributed by atoms with van der Waals surface area (Å²) in [4.78, 5) is 50.4. The van der Waals surface area contributed by atoms with Crippen LogP contribution in [0.3, 0.4) is 0 Å². The molecule has 0 saturated heterocycles. The Morgan fingerprint density at radius 2 is 1.42 bits per heavy atom. The highest BCUT2D eigenvalue weighted by atomic mass is 16.5. The van der Waals surface area contributed by atoms with Crippen LogP contribution in [0, 0.1) is 13.8 Å². The quantitative estimate of drug-likeness (QED) is 0.308. The SMILES string of the molecule is Cc1cccc(C)c1NC(=O)CNC(=O)C(C)OC(=O)Cn1c2ccccc2c(=O)c2ccccc21. The van der Waals surface area contributed by atoms with E-state index in [1.54, 1.807) is 53.1 Å². The number of anilines is 1. The maximum Gasteiger partial charge on any atom is 0.326 e. The maximum absolute atomic E-state index is 12.9. The number of hydrogen-bond donors (Lipinski definition) is 2. The fourth-order valence-electron chi connectivity index (χ4n) is 4.17. The second-order valence-electron chi connectivity index (χ2n) is 8.61. The number of fused-ring (bicyclic) bond motifs is 2. The van der Waals surface area contributed by atoms with Gasteiger partial charge in [0.1, 0.15) is 6.54 Å². The van der Waals surface area contributed by atoms with Gasteiger partial charge in [-0.05, 0) is 56.2 Å². The number of nitrogens with zero attached hydrogens (tertiary/aromatic N) is 1. The molecule has 2 amide bonds. The lowest BCUT2D eigenvalue weighted by molar-refractivity contribution is -0.155. The molecule has 2 N–H and O–H groups in total. The van der Waals surface area contributed by atoms with Gasteiger partial charge in [0.15, 0.2) is 11.5 Å². The van der Waals surface area contributed by atoms with Crippen molar-refractivity contribution < 1.29 is 19.1 Å². The smallest absolute Gasteiger partial charge is 0.326 e. The molecule has 1 atom stereocenters. The lowest BCUT2D eigenvalue weighted by Crippen LogP contribution is -2.40. The molecule has 0 fully saturated rings. The van der Waals surface area contributed by atoms with Crippen molar-refractivity contribution in [1.82, 2.24) is 9.88 Å². The zero-order chi connectivity index (χ0) is 25.8. The number of benzene rings is 3. The Morgan fingerprint density at radius 3 is 2.00 bits per heavy atom.